The van der Waals surface area contributed by atoms with Crippen LogP contribution in [0.15, 0.2) is 73.3 Å². The molecule has 2 aliphatic rings. The third-order valence-corrected chi connectivity index (χ3v) is 4.60. The molecule has 4 heteroatoms. The van der Waals surface area contributed by atoms with Crippen molar-refractivity contribution in [1.82, 2.24) is 4.90 Å². The summed E-state index contributed by atoms with van der Waals surface area (Å²) in [6.07, 6.45) is 7.58. The Hall–Kier alpha value is -3.01. The normalized spacial score (nSPS) is 18.7. The Labute approximate surface area is 147 Å². The molecule has 0 saturated carbocycles. The molecule has 4 rings (SSSR count). The lowest BCUT2D eigenvalue weighted by molar-refractivity contribution is 0.104. The van der Waals surface area contributed by atoms with Crippen LogP contribution >= 0.6 is 0 Å². The Balaban J connectivity index is 1.40. The molecule has 25 heavy (non-hydrogen) atoms. The Morgan fingerprint density at radius 3 is 2.68 bits per heavy atom. The van der Waals surface area contributed by atoms with Crippen molar-refractivity contribution >= 4 is 5.78 Å². The topological polar surface area (TPSA) is 38.8 Å². The zero-order chi connectivity index (χ0) is 17.1. The average Bonchev–Trinajstić information content (AvgIpc) is 3.15. The first-order valence-electron chi connectivity index (χ1n) is 8.43. The SMILES string of the molecule is O=C(/C=C/N1CCC(c2ccccc2)C1)c1ccc2c(c1)OC=CO2. The summed E-state index contributed by atoms with van der Waals surface area (Å²) in [5.41, 5.74) is 1.96. The van der Waals surface area contributed by atoms with Crippen LogP contribution in [0.1, 0.15) is 28.3 Å². The Kier molecular flexibility index (Phi) is 4.25. The van der Waals surface area contributed by atoms with Crippen molar-refractivity contribution in [3.8, 4) is 11.5 Å². The van der Waals surface area contributed by atoms with Gasteiger partial charge in [-0.2, -0.15) is 0 Å². The van der Waals surface area contributed by atoms with Crippen molar-refractivity contribution in [3.05, 3.63) is 84.5 Å². The number of carbonyl (C=O) groups is 1. The maximum atomic E-state index is 12.4. The van der Waals surface area contributed by atoms with Gasteiger partial charge >= 0.3 is 0 Å². The molecular formula is C21H19NO3. The predicted octanol–water partition coefficient (Wildman–Crippen LogP) is 4.11. The number of ether oxygens (including phenoxy) is 2. The minimum atomic E-state index is -0.0379. The van der Waals surface area contributed by atoms with Gasteiger partial charge in [-0.25, -0.2) is 0 Å². The van der Waals surface area contributed by atoms with E-state index in [4.69, 9.17) is 9.47 Å². The number of allylic oxidation sites excluding steroid dienone is 1. The van der Waals surface area contributed by atoms with E-state index in [1.54, 1.807) is 24.3 Å². The fraction of sp³-hybridized carbons (Fsp3) is 0.190. The van der Waals surface area contributed by atoms with Gasteiger partial charge in [0.2, 0.25) is 0 Å². The van der Waals surface area contributed by atoms with E-state index in [1.807, 2.05) is 12.3 Å². The molecule has 2 heterocycles. The third-order valence-electron chi connectivity index (χ3n) is 4.60. The highest BCUT2D eigenvalue weighted by atomic mass is 16.5. The Morgan fingerprint density at radius 1 is 1.04 bits per heavy atom. The maximum absolute atomic E-state index is 12.4. The zero-order valence-corrected chi connectivity index (χ0v) is 13.8. The lowest BCUT2D eigenvalue weighted by atomic mass is 9.99. The van der Waals surface area contributed by atoms with Crippen molar-refractivity contribution < 1.29 is 14.3 Å². The summed E-state index contributed by atoms with van der Waals surface area (Å²) in [4.78, 5) is 14.6. The summed E-state index contributed by atoms with van der Waals surface area (Å²) in [5.74, 6) is 1.67. The largest absolute Gasteiger partial charge is 0.458 e. The number of fused-ring (bicyclic) bond motifs is 1. The molecule has 0 spiro atoms. The van der Waals surface area contributed by atoms with Crippen LogP contribution in [0.4, 0.5) is 0 Å². The first kappa shape index (κ1) is 15.5. The van der Waals surface area contributed by atoms with Crippen molar-refractivity contribution in [1.29, 1.82) is 0 Å². The van der Waals surface area contributed by atoms with Gasteiger partial charge < -0.3 is 14.4 Å². The van der Waals surface area contributed by atoms with Gasteiger partial charge in [0.05, 0.1) is 0 Å². The molecule has 0 N–H and O–H groups in total. The molecule has 2 aromatic carbocycles. The van der Waals surface area contributed by atoms with E-state index < -0.39 is 0 Å². The zero-order valence-electron chi connectivity index (χ0n) is 13.8. The molecular weight excluding hydrogens is 314 g/mol. The fourth-order valence-electron chi connectivity index (χ4n) is 3.24. The van der Waals surface area contributed by atoms with E-state index in [1.165, 1.54) is 18.1 Å². The van der Waals surface area contributed by atoms with Gasteiger partial charge in [0, 0.05) is 36.8 Å². The third kappa shape index (κ3) is 3.43. The molecule has 0 radical (unpaired) electrons. The minimum Gasteiger partial charge on any atom is -0.458 e. The van der Waals surface area contributed by atoms with Crippen LogP contribution in [0.5, 0.6) is 11.5 Å². The number of nitrogens with zero attached hydrogens (tertiary/aromatic N) is 1. The van der Waals surface area contributed by atoms with Crippen molar-refractivity contribution in [2.75, 3.05) is 13.1 Å². The van der Waals surface area contributed by atoms with Crippen LogP contribution in [0.25, 0.3) is 0 Å². The minimum absolute atomic E-state index is 0.0379. The summed E-state index contributed by atoms with van der Waals surface area (Å²) in [6, 6.07) is 15.8. The standard InChI is InChI=1S/C21H19NO3/c23-19(17-6-7-20-21(14-17)25-13-12-24-20)9-11-22-10-8-18(15-22)16-4-2-1-3-5-16/h1-7,9,11-14,18H,8,10,15H2/b11-9+. The molecule has 0 aromatic heterocycles. The fourth-order valence-corrected chi connectivity index (χ4v) is 3.24. The van der Waals surface area contributed by atoms with E-state index in [0.717, 1.165) is 19.5 Å². The van der Waals surface area contributed by atoms with Gasteiger partial charge in [-0.1, -0.05) is 30.3 Å². The summed E-state index contributed by atoms with van der Waals surface area (Å²) in [6.45, 7) is 1.91. The van der Waals surface area contributed by atoms with Gasteiger partial charge in [0.15, 0.2) is 17.3 Å². The quantitative estimate of drug-likeness (QED) is 0.623. The number of rotatable bonds is 4. The lowest BCUT2D eigenvalue weighted by Crippen LogP contribution is -2.13. The van der Waals surface area contributed by atoms with Crippen molar-refractivity contribution in [2.45, 2.75) is 12.3 Å². The monoisotopic (exact) mass is 333 g/mol. The summed E-state index contributed by atoms with van der Waals surface area (Å²) >= 11 is 0. The second-order valence-electron chi connectivity index (χ2n) is 6.24. The summed E-state index contributed by atoms with van der Waals surface area (Å²) in [7, 11) is 0. The first-order chi connectivity index (χ1) is 12.3. The molecule has 126 valence electrons. The maximum Gasteiger partial charge on any atom is 0.187 e. The highest BCUT2D eigenvalue weighted by Crippen LogP contribution is 2.31. The molecule has 0 bridgehead atoms. The Bertz CT molecular complexity index is 826. The molecule has 1 unspecified atom stereocenters. The molecule has 1 fully saturated rings. The molecule has 1 saturated heterocycles. The van der Waals surface area contributed by atoms with Crippen LogP contribution in [0, 0.1) is 0 Å². The van der Waals surface area contributed by atoms with Crippen molar-refractivity contribution in [2.24, 2.45) is 0 Å². The summed E-state index contributed by atoms with van der Waals surface area (Å²) in [5, 5.41) is 0. The highest BCUT2D eigenvalue weighted by molar-refractivity contribution is 6.04. The van der Waals surface area contributed by atoms with Gasteiger partial charge in [-0.15, -0.1) is 0 Å². The number of carbonyl (C=O) groups excluding carboxylic acids is 1. The number of hydrogen-bond acceptors (Lipinski definition) is 4. The van der Waals surface area contributed by atoms with Gasteiger partial charge in [-0.05, 0) is 30.2 Å². The number of ketones is 1. The number of likely N-dealkylation sites (tertiary alicyclic amines) is 1. The molecule has 4 nitrogen and oxygen atoms in total. The average molecular weight is 333 g/mol. The second kappa shape index (κ2) is 6.85. The number of benzene rings is 2. The van der Waals surface area contributed by atoms with Crippen LogP contribution in [-0.2, 0) is 0 Å². The molecule has 2 aliphatic heterocycles. The first-order valence-corrected chi connectivity index (χ1v) is 8.43. The van der Waals surface area contributed by atoms with Gasteiger partial charge in [0.25, 0.3) is 0 Å². The van der Waals surface area contributed by atoms with Gasteiger partial charge in [0.1, 0.15) is 12.5 Å². The van der Waals surface area contributed by atoms with E-state index in [2.05, 4.69) is 29.2 Å². The van der Waals surface area contributed by atoms with Crippen LogP contribution < -0.4 is 9.47 Å². The van der Waals surface area contributed by atoms with E-state index in [0.29, 0.717) is 23.0 Å². The Morgan fingerprint density at radius 2 is 1.84 bits per heavy atom. The van der Waals surface area contributed by atoms with Crippen LogP contribution in [-0.4, -0.2) is 23.8 Å². The highest BCUT2D eigenvalue weighted by Gasteiger charge is 2.21. The van der Waals surface area contributed by atoms with E-state index >= 15 is 0 Å². The summed E-state index contributed by atoms with van der Waals surface area (Å²) < 4.78 is 10.7. The molecule has 0 aliphatic carbocycles. The van der Waals surface area contributed by atoms with E-state index in [9.17, 15) is 4.79 Å². The van der Waals surface area contributed by atoms with E-state index in [-0.39, 0.29) is 5.78 Å². The second-order valence-corrected chi connectivity index (χ2v) is 6.24. The smallest absolute Gasteiger partial charge is 0.187 e. The molecule has 1 atom stereocenters. The van der Waals surface area contributed by atoms with Gasteiger partial charge in [-0.3, -0.25) is 4.79 Å². The molecule has 2 aromatic rings. The predicted molar refractivity (Wildman–Crippen MR) is 95.7 cm³/mol. The number of hydrogen-bond donors (Lipinski definition) is 0. The lowest BCUT2D eigenvalue weighted by Gasteiger charge is -2.14. The molecule has 0 amide bonds. The van der Waals surface area contributed by atoms with Crippen LogP contribution in [0.3, 0.4) is 0 Å². The van der Waals surface area contributed by atoms with Crippen molar-refractivity contribution in [3.63, 3.8) is 0 Å². The van der Waals surface area contributed by atoms with Crippen LogP contribution in [0.2, 0.25) is 0 Å².